The second-order valence-electron chi connectivity index (χ2n) is 5.95. The van der Waals surface area contributed by atoms with Gasteiger partial charge in [0.1, 0.15) is 5.75 Å². The van der Waals surface area contributed by atoms with E-state index in [1.165, 1.54) is 10.6 Å². The molecule has 0 N–H and O–H groups in total. The van der Waals surface area contributed by atoms with Gasteiger partial charge >= 0.3 is 5.97 Å². The van der Waals surface area contributed by atoms with Gasteiger partial charge in [-0.05, 0) is 25.0 Å². The second kappa shape index (κ2) is 6.70. The largest absolute Gasteiger partial charge is 0.426 e. The molecule has 2 aromatic rings. The van der Waals surface area contributed by atoms with Gasteiger partial charge in [-0.15, -0.1) is 0 Å². The summed E-state index contributed by atoms with van der Waals surface area (Å²) < 4.78 is 30.0. The molecule has 128 valence electrons. The van der Waals surface area contributed by atoms with Crippen LogP contribution in [0.15, 0.2) is 36.4 Å². The van der Waals surface area contributed by atoms with E-state index in [1.807, 2.05) is 24.3 Å². The first-order chi connectivity index (χ1) is 11.4. The molecule has 0 atom stereocenters. The third kappa shape index (κ3) is 3.55. The van der Waals surface area contributed by atoms with Crippen LogP contribution in [0, 0.1) is 5.92 Å². The molecule has 1 heterocycles. The molecule has 0 spiro atoms. The molecule has 0 radical (unpaired) electrons. The van der Waals surface area contributed by atoms with E-state index in [9.17, 15) is 13.2 Å². The van der Waals surface area contributed by atoms with Crippen LogP contribution in [0.2, 0.25) is 5.02 Å². The van der Waals surface area contributed by atoms with Crippen LogP contribution in [0.5, 0.6) is 5.75 Å². The Morgan fingerprint density at radius 1 is 1.12 bits per heavy atom. The number of benzene rings is 2. The minimum Gasteiger partial charge on any atom is -0.426 e. The molecule has 3 rings (SSSR count). The maximum Gasteiger partial charge on any atom is 0.314 e. The molecule has 1 fully saturated rings. The molecule has 0 unspecified atom stereocenters. The summed E-state index contributed by atoms with van der Waals surface area (Å²) >= 11 is 6.17. The van der Waals surface area contributed by atoms with Crippen molar-refractivity contribution in [1.82, 2.24) is 4.31 Å². The number of ether oxygens (including phenoxy) is 1. The number of carbonyl (C=O) groups excluding carboxylic acids is 1. The molecular weight excluding hydrogens is 350 g/mol. The summed E-state index contributed by atoms with van der Waals surface area (Å²) in [6, 6.07) is 10.9. The van der Waals surface area contributed by atoms with Crippen LogP contribution < -0.4 is 4.74 Å². The van der Waals surface area contributed by atoms with E-state index < -0.39 is 10.0 Å². The van der Waals surface area contributed by atoms with Gasteiger partial charge in [-0.25, -0.2) is 12.7 Å². The average molecular weight is 368 g/mol. The molecule has 0 amide bonds. The van der Waals surface area contributed by atoms with E-state index in [1.54, 1.807) is 12.1 Å². The number of hydrogen-bond donors (Lipinski definition) is 0. The van der Waals surface area contributed by atoms with Crippen molar-refractivity contribution in [3.8, 4) is 5.75 Å². The highest BCUT2D eigenvalue weighted by Gasteiger charge is 2.30. The summed E-state index contributed by atoms with van der Waals surface area (Å²) in [7, 11) is -3.20. The lowest BCUT2D eigenvalue weighted by molar-refractivity contribution is -0.140. The van der Waals surface area contributed by atoms with Crippen molar-refractivity contribution < 1.29 is 17.9 Å². The van der Waals surface area contributed by atoms with Crippen LogP contribution in [-0.4, -0.2) is 38.0 Å². The molecule has 0 aromatic heterocycles. The highest BCUT2D eigenvalue weighted by molar-refractivity contribution is 7.88. The van der Waals surface area contributed by atoms with Crippen LogP contribution in [0.1, 0.15) is 12.8 Å². The topological polar surface area (TPSA) is 63.7 Å². The van der Waals surface area contributed by atoms with Gasteiger partial charge in [-0.2, -0.15) is 0 Å². The molecule has 2 aromatic carbocycles. The highest BCUT2D eigenvalue weighted by atomic mass is 35.5. The molecule has 7 heteroatoms. The van der Waals surface area contributed by atoms with Crippen molar-refractivity contribution in [3.63, 3.8) is 0 Å². The number of piperidine rings is 1. The van der Waals surface area contributed by atoms with Gasteiger partial charge in [0.15, 0.2) is 0 Å². The summed E-state index contributed by atoms with van der Waals surface area (Å²) in [5.74, 6) is -0.140. The molecule has 24 heavy (non-hydrogen) atoms. The molecule has 5 nitrogen and oxygen atoms in total. The Hall–Kier alpha value is -1.63. The maximum atomic E-state index is 12.4. The van der Waals surface area contributed by atoms with Gasteiger partial charge in [0.05, 0.1) is 12.2 Å². The predicted octanol–water partition coefficient (Wildman–Crippen LogP) is 3.07. The summed E-state index contributed by atoms with van der Waals surface area (Å²) in [5.41, 5.74) is 0. The fraction of sp³-hybridized carbons (Fsp3) is 0.353. The first-order valence-corrected chi connectivity index (χ1v) is 9.93. The van der Waals surface area contributed by atoms with Gasteiger partial charge in [-0.3, -0.25) is 4.79 Å². The number of hydrogen-bond acceptors (Lipinski definition) is 4. The van der Waals surface area contributed by atoms with Crippen molar-refractivity contribution in [1.29, 1.82) is 0 Å². The third-order valence-corrected chi connectivity index (χ3v) is 5.93. The second-order valence-corrected chi connectivity index (χ2v) is 8.34. The number of carbonyl (C=O) groups is 1. The number of nitrogens with zero attached hydrogens (tertiary/aromatic N) is 1. The van der Waals surface area contributed by atoms with Crippen LogP contribution in [0.25, 0.3) is 10.8 Å². The fourth-order valence-electron chi connectivity index (χ4n) is 2.94. The summed E-state index contributed by atoms with van der Waals surface area (Å²) in [4.78, 5) is 12.4. The minimum atomic E-state index is -3.20. The zero-order valence-electron chi connectivity index (χ0n) is 13.2. The molecular formula is C17H18ClNO4S. The Kier molecular flexibility index (Phi) is 4.80. The van der Waals surface area contributed by atoms with E-state index >= 15 is 0 Å². The number of fused-ring (bicyclic) bond motifs is 1. The number of rotatable bonds is 3. The molecule has 1 aliphatic rings. The first-order valence-electron chi connectivity index (χ1n) is 7.70. The van der Waals surface area contributed by atoms with Gasteiger partial charge in [-0.1, -0.05) is 35.9 Å². The standard InChI is InChI=1S/C17H18ClNO4S/c1-24(21,22)19-10-8-12(9-11-19)17(20)23-16-7-6-15(18)13-4-2-3-5-14(13)16/h2-7,12H,8-11H2,1H3. The summed E-state index contributed by atoms with van der Waals surface area (Å²) in [6.07, 6.45) is 2.13. The van der Waals surface area contributed by atoms with Crippen molar-refractivity contribution >= 4 is 38.4 Å². The average Bonchev–Trinajstić information content (AvgIpc) is 2.57. The molecule has 0 aliphatic carbocycles. The minimum absolute atomic E-state index is 0.294. The SMILES string of the molecule is CS(=O)(=O)N1CCC(C(=O)Oc2ccc(Cl)c3ccccc23)CC1. The Morgan fingerprint density at radius 3 is 2.38 bits per heavy atom. The molecule has 1 aliphatic heterocycles. The van der Waals surface area contributed by atoms with Crippen molar-refractivity contribution in [3.05, 3.63) is 41.4 Å². The predicted molar refractivity (Wildman–Crippen MR) is 93.7 cm³/mol. The van der Waals surface area contributed by atoms with E-state index in [0.29, 0.717) is 36.7 Å². The Morgan fingerprint density at radius 2 is 1.75 bits per heavy atom. The lowest BCUT2D eigenvalue weighted by atomic mass is 9.98. The normalized spacial score (nSPS) is 17.1. The number of sulfonamides is 1. The van der Waals surface area contributed by atoms with Gasteiger partial charge in [0.2, 0.25) is 10.0 Å². The number of esters is 1. The lowest BCUT2D eigenvalue weighted by Gasteiger charge is -2.28. The van der Waals surface area contributed by atoms with Crippen molar-refractivity contribution in [2.75, 3.05) is 19.3 Å². The molecule has 1 saturated heterocycles. The third-order valence-electron chi connectivity index (χ3n) is 4.30. The number of halogens is 1. The lowest BCUT2D eigenvalue weighted by Crippen LogP contribution is -2.40. The summed E-state index contributed by atoms with van der Waals surface area (Å²) in [6.45, 7) is 0.694. The van der Waals surface area contributed by atoms with Gasteiger partial charge in [0, 0.05) is 28.9 Å². The zero-order chi connectivity index (χ0) is 17.3. The van der Waals surface area contributed by atoms with Crippen LogP contribution >= 0.6 is 11.6 Å². The van der Waals surface area contributed by atoms with Crippen LogP contribution in [0.4, 0.5) is 0 Å². The zero-order valence-corrected chi connectivity index (χ0v) is 14.8. The summed E-state index contributed by atoms with van der Waals surface area (Å²) in [5, 5.41) is 2.22. The van der Waals surface area contributed by atoms with Crippen molar-refractivity contribution in [2.24, 2.45) is 5.92 Å². The van der Waals surface area contributed by atoms with E-state index in [4.69, 9.17) is 16.3 Å². The Balaban J connectivity index is 1.74. The van der Waals surface area contributed by atoms with Crippen LogP contribution in [-0.2, 0) is 14.8 Å². The smallest absolute Gasteiger partial charge is 0.314 e. The van der Waals surface area contributed by atoms with Gasteiger partial charge in [0.25, 0.3) is 0 Å². The molecule has 0 bridgehead atoms. The molecule has 0 saturated carbocycles. The Labute approximate surface area is 146 Å². The first kappa shape index (κ1) is 17.2. The highest BCUT2D eigenvalue weighted by Crippen LogP contribution is 2.32. The fourth-order valence-corrected chi connectivity index (χ4v) is 4.04. The van der Waals surface area contributed by atoms with E-state index in [0.717, 1.165) is 10.8 Å². The Bertz CT molecular complexity index is 873. The monoisotopic (exact) mass is 367 g/mol. The van der Waals surface area contributed by atoms with E-state index in [-0.39, 0.29) is 11.9 Å². The van der Waals surface area contributed by atoms with E-state index in [2.05, 4.69) is 0 Å². The maximum absolute atomic E-state index is 12.4. The van der Waals surface area contributed by atoms with Crippen LogP contribution in [0.3, 0.4) is 0 Å². The van der Waals surface area contributed by atoms with Gasteiger partial charge < -0.3 is 4.74 Å². The van der Waals surface area contributed by atoms with Crippen molar-refractivity contribution in [2.45, 2.75) is 12.8 Å². The quantitative estimate of drug-likeness (QED) is 0.617.